The number of carbonyl (C=O) groups is 2. The topological polar surface area (TPSA) is 93.2 Å². The monoisotopic (exact) mass is 422 g/mol. The van der Waals surface area contributed by atoms with E-state index in [1.165, 1.54) is 30.6 Å². The lowest BCUT2D eigenvalue weighted by Crippen LogP contribution is -2.25. The van der Waals surface area contributed by atoms with Gasteiger partial charge in [0.1, 0.15) is 5.82 Å². The molecule has 0 aromatic carbocycles. The molecule has 0 aliphatic heterocycles. The maximum Gasteiger partial charge on any atom is 0.422 e. The van der Waals surface area contributed by atoms with Crippen LogP contribution >= 0.6 is 0 Å². The summed E-state index contributed by atoms with van der Waals surface area (Å²) in [5.41, 5.74) is 1.22. The molecule has 3 rings (SSSR count). The fourth-order valence-corrected chi connectivity index (χ4v) is 2.58. The Bertz CT molecular complexity index is 959. The van der Waals surface area contributed by atoms with Crippen molar-refractivity contribution >= 4 is 17.6 Å². The predicted molar refractivity (Wildman–Crippen MR) is 102 cm³/mol. The Labute approximate surface area is 171 Å². The lowest BCUT2D eigenvalue weighted by atomic mass is 10.1. The number of ether oxygens (including phenoxy) is 1. The summed E-state index contributed by atoms with van der Waals surface area (Å²) in [6, 6.07) is 4.38. The molecular formula is C20H21F3N4O3. The van der Waals surface area contributed by atoms with Crippen molar-refractivity contribution in [2.24, 2.45) is 5.41 Å². The van der Waals surface area contributed by atoms with Gasteiger partial charge in [0, 0.05) is 36.0 Å². The zero-order chi connectivity index (χ0) is 21.9. The molecule has 30 heavy (non-hydrogen) atoms. The van der Waals surface area contributed by atoms with E-state index in [0.717, 1.165) is 12.8 Å². The average molecular weight is 422 g/mol. The van der Waals surface area contributed by atoms with Gasteiger partial charge in [-0.3, -0.25) is 9.59 Å². The first kappa shape index (κ1) is 21.5. The van der Waals surface area contributed by atoms with Gasteiger partial charge in [0.05, 0.1) is 0 Å². The largest absolute Gasteiger partial charge is 0.468 e. The Morgan fingerprint density at radius 1 is 1.23 bits per heavy atom. The molecule has 2 N–H and O–H groups in total. The Morgan fingerprint density at radius 2 is 1.97 bits per heavy atom. The summed E-state index contributed by atoms with van der Waals surface area (Å²) in [6.07, 6.45) is -0.00444. The van der Waals surface area contributed by atoms with Crippen molar-refractivity contribution in [3.8, 4) is 5.88 Å². The molecule has 7 nitrogen and oxygen atoms in total. The summed E-state index contributed by atoms with van der Waals surface area (Å²) in [5.74, 6) is -0.354. The maximum atomic E-state index is 12.4. The number of aromatic nitrogens is 2. The summed E-state index contributed by atoms with van der Waals surface area (Å²) in [4.78, 5) is 32.5. The summed E-state index contributed by atoms with van der Waals surface area (Å²) >= 11 is 0. The second-order valence-corrected chi connectivity index (χ2v) is 7.48. The molecule has 0 spiro atoms. The van der Waals surface area contributed by atoms with E-state index in [-0.39, 0.29) is 29.7 Å². The van der Waals surface area contributed by atoms with E-state index in [1.54, 1.807) is 6.92 Å². The van der Waals surface area contributed by atoms with Crippen molar-refractivity contribution in [3.63, 3.8) is 0 Å². The van der Waals surface area contributed by atoms with Crippen molar-refractivity contribution in [2.45, 2.75) is 39.4 Å². The number of pyridine rings is 2. The molecule has 1 saturated carbocycles. The van der Waals surface area contributed by atoms with Gasteiger partial charge in [-0.1, -0.05) is 6.92 Å². The van der Waals surface area contributed by atoms with Gasteiger partial charge >= 0.3 is 6.18 Å². The van der Waals surface area contributed by atoms with Crippen molar-refractivity contribution in [1.29, 1.82) is 0 Å². The quantitative estimate of drug-likeness (QED) is 0.714. The minimum atomic E-state index is -4.44. The Balaban J connectivity index is 1.57. The lowest BCUT2D eigenvalue weighted by molar-refractivity contribution is -0.154. The molecule has 1 aliphatic carbocycles. The van der Waals surface area contributed by atoms with Crippen LogP contribution in [0.5, 0.6) is 5.88 Å². The summed E-state index contributed by atoms with van der Waals surface area (Å²) < 4.78 is 41.3. The van der Waals surface area contributed by atoms with Gasteiger partial charge < -0.3 is 15.4 Å². The standard InChI is InChI=1S/C20H21F3N4O3/c1-12-7-16(30-11-20(21,22)23)25-9-14(12)10-26-17(28)13-3-6-24-15(8-13)27-18(29)19(2)4-5-19/h3,6-9H,4-5,10-11H2,1-2H3,(H,26,28)(H,24,27,29). The van der Waals surface area contributed by atoms with Crippen LogP contribution in [0, 0.1) is 12.3 Å². The van der Waals surface area contributed by atoms with Gasteiger partial charge in [0.15, 0.2) is 6.61 Å². The van der Waals surface area contributed by atoms with Gasteiger partial charge in [-0.25, -0.2) is 9.97 Å². The molecule has 1 aliphatic rings. The summed E-state index contributed by atoms with van der Waals surface area (Å²) in [7, 11) is 0. The molecule has 0 radical (unpaired) electrons. The smallest absolute Gasteiger partial charge is 0.422 e. The lowest BCUT2D eigenvalue weighted by Gasteiger charge is -2.12. The van der Waals surface area contributed by atoms with Crippen LogP contribution in [0.4, 0.5) is 19.0 Å². The summed E-state index contributed by atoms with van der Waals surface area (Å²) in [5, 5.41) is 5.43. The van der Waals surface area contributed by atoms with Crippen LogP contribution in [0.25, 0.3) is 0 Å². The third kappa shape index (κ3) is 5.68. The normalized spacial score (nSPS) is 14.7. The number of carbonyl (C=O) groups excluding carboxylic acids is 2. The van der Waals surface area contributed by atoms with Crippen LogP contribution in [-0.2, 0) is 11.3 Å². The van der Waals surface area contributed by atoms with Gasteiger partial charge in [-0.05, 0) is 43.0 Å². The van der Waals surface area contributed by atoms with Crippen molar-refractivity contribution in [2.75, 3.05) is 11.9 Å². The number of amides is 2. The van der Waals surface area contributed by atoms with Crippen molar-refractivity contribution < 1.29 is 27.5 Å². The highest BCUT2D eigenvalue weighted by Gasteiger charge is 2.45. The van der Waals surface area contributed by atoms with E-state index < -0.39 is 12.8 Å². The second-order valence-electron chi connectivity index (χ2n) is 7.48. The number of hydrogen-bond acceptors (Lipinski definition) is 5. The summed E-state index contributed by atoms with van der Waals surface area (Å²) in [6.45, 7) is 2.26. The van der Waals surface area contributed by atoms with Crippen LogP contribution in [-0.4, -0.2) is 34.6 Å². The maximum absolute atomic E-state index is 12.4. The number of nitrogens with one attached hydrogen (secondary N) is 2. The molecule has 2 amide bonds. The van der Waals surface area contributed by atoms with Gasteiger partial charge in [-0.2, -0.15) is 13.2 Å². The van der Waals surface area contributed by atoms with E-state index in [2.05, 4.69) is 25.3 Å². The predicted octanol–water partition coefficient (Wildman–Crippen LogP) is 3.39. The molecular weight excluding hydrogens is 401 g/mol. The highest BCUT2D eigenvalue weighted by molar-refractivity contribution is 5.98. The first-order valence-electron chi connectivity index (χ1n) is 9.26. The van der Waals surface area contributed by atoms with Gasteiger partial charge in [-0.15, -0.1) is 0 Å². The third-order valence-electron chi connectivity index (χ3n) is 4.83. The number of halogens is 3. The molecule has 2 heterocycles. The fraction of sp³-hybridized carbons (Fsp3) is 0.400. The van der Waals surface area contributed by atoms with Crippen LogP contribution in [0.3, 0.4) is 0 Å². The van der Waals surface area contributed by atoms with E-state index in [4.69, 9.17) is 0 Å². The van der Waals surface area contributed by atoms with Gasteiger partial charge in [0.2, 0.25) is 11.8 Å². The highest BCUT2D eigenvalue weighted by atomic mass is 19.4. The average Bonchev–Trinajstić information content (AvgIpc) is 3.44. The van der Waals surface area contributed by atoms with Crippen LogP contribution in [0.2, 0.25) is 0 Å². The second kappa shape index (κ2) is 8.29. The number of nitrogens with zero attached hydrogens (tertiary/aromatic N) is 2. The number of alkyl halides is 3. The fourth-order valence-electron chi connectivity index (χ4n) is 2.58. The van der Waals surface area contributed by atoms with Crippen molar-refractivity contribution in [1.82, 2.24) is 15.3 Å². The molecule has 10 heteroatoms. The van der Waals surface area contributed by atoms with Crippen LogP contribution in [0.1, 0.15) is 41.3 Å². The molecule has 0 bridgehead atoms. The zero-order valence-corrected chi connectivity index (χ0v) is 16.5. The Kier molecular flexibility index (Phi) is 5.95. The van der Waals surface area contributed by atoms with E-state index in [0.29, 0.717) is 22.5 Å². The van der Waals surface area contributed by atoms with Gasteiger partial charge in [0.25, 0.3) is 5.91 Å². The minimum Gasteiger partial charge on any atom is -0.468 e. The molecule has 2 aromatic heterocycles. The number of aryl methyl sites for hydroxylation is 1. The molecule has 0 unspecified atom stereocenters. The molecule has 1 fully saturated rings. The molecule has 2 aromatic rings. The number of rotatable bonds is 7. The first-order chi connectivity index (χ1) is 14.1. The van der Waals surface area contributed by atoms with E-state index >= 15 is 0 Å². The third-order valence-corrected chi connectivity index (χ3v) is 4.83. The number of hydrogen-bond donors (Lipinski definition) is 2. The van der Waals surface area contributed by atoms with Crippen molar-refractivity contribution in [3.05, 3.63) is 47.3 Å². The SMILES string of the molecule is Cc1cc(OCC(F)(F)F)ncc1CNC(=O)c1ccnc(NC(=O)C2(C)CC2)c1. The minimum absolute atomic E-state index is 0.123. The van der Waals surface area contributed by atoms with E-state index in [9.17, 15) is 22.8 Å². The van der Waals surface area contributed by atoms with Crippen LogP contribution in [0.15, 0.2) is 30.6 Å². The van der Waals surface area contributed by atoms with E-state index in [1.807, 2.05) is 6.92 Å². The molecule has 0 atom stereocenters. The first-order valence-corrected chi connectivity index (χ1v) is 9.26. The highest BCUT2D eigenvalue weighted by Crippen LogP contribution is 2.45. The van der Waals surface area contributed by atoms with Crippen LogP contribution < -0.4 is 15.4 Å². The Morgan fingerprint density at radius 3 is 2.60 bits per heavy atom. The zero-order valence-electron chi connectivity index (χ0n) is 16.5. The number of anilines is 1. The molecule has 0 saturated heterocycles. The Hall–Kier alpha value is -3.17. The molecule has 160 valence electrons.